The van der Waals surface area contributed by atoms with Crippen molar-refractivity contribution in [1.29, 1.82) is 0 Å². The summed E-state index contributed by atoms with van der Waals surface area (Å²) in [5.41, 5.74) is 3.40. The van der Waals surface area contributed by atoms with Gasteiger partial charge in [0.1, 0.15) is 11.6 Å². The van der Waals surface area contributed by atoms with Gasteiger partial charge in [-0.15, -0.1) is 0 Å². The molecule has 4 aromatic carbocycles. The molecule has 0 saturated carbocycles. The molecule has 0 aliphatic carbocycles. The number of halogens is 1. The van der Waals surface area contributed by atoms with Gasteiger partial charge in [0, 0.05) is 35.8 Å². The summed E-state index contributed by atoms with van der Waals surface area (Å²) in [7, 11) is -3.68. The smallest absolute Gasteiger partial charge is 0.241 e. The van der Waals surface area contributed by atoms with Crippen molar-refractivity contribution in [2.45, 2.75) is 11.3 Å². The van der Waals surface area contributed by atoms with Gasteiger partial charge >= 0.3 is 0 Å². The monoisotopic (exact) mass is 610 g/mol. The van der Waals surface area contributed by atoms with Gasteiger partial charge in [0.05, 0.1) is 27.0 Å². The van der Waals surface area contributed by atoms with Crippen LogP contribution >= 0.6 is 11.6 Å². The van der Waals surface area contributed by atoms with Crippen molar-refractivity contribution in [2.24, 2.45) is 0 Å². The SMILES string of the molecule is O=S(=O)(NCCCNc1nccc(-c2[nH]c(-c3ccccc3)nc2-c2ccc(Cl)c(O)c2)n1)c1cccc2ccccc12. The topological polar surface area (TPSA) is 133 Å². The number of imidazole rings is 1. The maximum atomic E-state index is 13.0. The summed E-state index contributed by atoms with van der Waals surface area (Å²) in [4.78, 5) is 17.5. The Hall–Kier alpha value is -4.77. The van der Waals surface area contributed by atoms with E-state index >= 15 is 0 Å². The molecule has 9 nitrogen and oxygen atoms in total. The first-order chi connectivity index (χ1) is 20.9. The van der Waals surface area contributed by atoms with E-state index < -0.39 is 10.0 Å². The van der Waals surface area contributed by atoms with E-state index in [0.717, 1.165) is 10.9 Å². The molecule has 6 aromatic rings. The Morgan fingerprint density at radius 1 is 0.837 bits per heavy atom. The Balaban J connectivity index is 1.17. The molecule has 6 rings (SSSR count). The molecule has 2 aromatic heterocycles. The van der Waals surface area contributed by atoms with Crippen LogP contribution in [0.2, 0.25) is 5.02 Å². The number of aromatic hydroxyl groups is 1. The van der Waals surface area contributed by atoms with E-state index in [2.05, 4.69) is 25.0 Å². The maximum Gasteiger partial charge on any atom is 0.241 e. The molecule has 4 N–H and O–H groups in total. The molecule has 43 heavy (non-hydrogen) atoms. The lowest BCUT2D eigenvalue weighted by molar-refractivity contribution is 0.476. The highest BCUT2D eigenvalue weighted by atomic mass is 35.5. The van der Waals surface area contributed by atoms with Crippen LogP contribution in [-0.4, -0.2) is 46.5 Å². The van der Waals surface area contributed by atoms with Gasteiger partial charge in [0.15, 0.2) is 0 Å². The number of nitrogens with one attached hydrogen (secondary N) is 3. The molecule has 216 valence electrons. The number of rotatable bonds is 10. The molecule has 0 bridgehead atoms. The molecule has 0 unspecified atom stereocenters. The Labute approximate surface area is 253 Å². The first kappa shape index (κ1) is 28.4. The van der Waals surface area contributed by atoms with Crippen LogP contribution in [-0.2, 0) is 10.0 Å². The number of phenols is 1. The Morgan fingerprint density at radius 2 is 1.63 bits per heavy atom. The fraction of sp³-hybridized carbons (Fsp3) is 0.0938. The third-order valence-corrected chi connectivity index (χ3v) is 8.69. The summed E-state index contributed by atoms with van der Waals surface area (Å²) in [6.07, 6.45) is 2.15. The van der Waals surface area contributed by atoms with E-state index in [1.54, 1.807) is 48.7 Å². The number of hydrogen-bond donors (Lipinski definition) is 4. The van der Waals surface area contributed by atoms with Gasteiger partial charge < -0.3 is 15.4 Å². The summed E-state index contributed by atoms with van der Waals surface area (Å²) in [5, 5.41) is 15.2. The van der Waals surface area contributed by atoms with E-state index in [1.807, 2.05) is 54.6 Å². The maximum absolute atomic E-state index is 13.0. The zero-order chi connectivity index (χ0) is 29.8. The van der Waals surface area contributed by atoms with Crippen LogP contribution in [0.15, 0.2) is 108 Å². The summed E-state index contributed by atoms with van der Waals surface area (Å²) in [6.45, 7) is 0.682. The van der Waals surface area contributed by atoms with E-state index in [-0.39, 0.29) is 22.2 Å². The molecule has 0 amide bonds. The number of phenolic OH excluding ortho intramolecular Hbond substituents is 1. The van der Waals surface area contributed by atoms with Gasteiger partial charge in [-0.25, -0.2) is 28.1 Å². The molecule has 0 radical (unpaired) electrons. The quantitative estimate of drug-likeness (QED) is 0.130. The van der Waals surface area contributed by atoms with Gasteiger partial charge in [-0.3, -0.25) is 0 Å². The summed E-state index contributed by atoms with van der Waals surface area (Å²) < 4.78 is 28.7. The lowest BCUT2D eigenvalue weighted by Crippen LogP contribution is -2.26. The number of nitrogens with zero attached hydrogens (tertiary/aromatic N) is 3. The average molecular weight is 611 g/mol. The van der Waals surface area contributed by atoms with Gasteiger partial charge in [-0.05, 0) is 36.1 Å². The van der Waals surface area contributed by atoms with Crippen molar-refractivity contribution >= 4 is 38.3 Å². The predicted octanol–water partition coefficient (Wildman–Crippen LogP) is 6.49. The first-order valence-corrected chi connectivity index (χ1v) is 15.4. The van der Waals surface area contributed by atoms with Crippen molar-refractivity contribution in [3.05, 3.63) is 108 Å². The third kappa shape index (κ3) is 6.21. The number of aromatic nitrogens is 4. The van der Waals surface area contributed by atoms with Crippen molar-refractivity contribution in [3.63, 3.8) is 0 Å². The molecule has 0 fully saturated rings. The number of aromatic amines is 1. The molecule has 0 aliphatic rings. The highest BCUT2D eigenvalue weighted by Gasteiger charge is 2.19. The highest BCUT2D eigenvalue weighted by Crippen LogP contribution is 2.35. The second kappa shape index (κ2) is 12.2. The van der Waals surface area contributed by atoms with E-state index in [1.165, 1.54) is 0 Å². The van der Waals surface area contributed by atoms with Crippen LogP contribution in [0.25, 0.3) is 44.8 Å². The molecular formula is C32H27ClN6O3S. The fourth-order valence-corrected chi connectivity index (χ4v) is 6.17. The predicted molar refractivity (Wildman–Crippen MR) is 169 cm³/mol. The van der Waals surface area contributed by atoms with Crippen molar-refractivity contribution in [1.82, 2.24) is 24.7 Å². The van der Waals surface area contributed by atoms with Gasteiger partial charge in [0.25, 0.3) is 0 Å². The number of H-pyrrole nitrogens is 1. The van der Waals surface area contributed by atoms with Crippen molar-refractivity contribution < 1.29 is 13.5 Å². The summed E-state index contributed by atoms with van der Waals surface area (Å²) >= 11 is 6.05. The Morgan fingerprint density at radius 3 is 2.47 bits per heavy atom. The number of sulfonamides is 1. The van der Waals surface area contributed by atoms with Crippen LogP contribution in [0.5, 0.6) is 5.75 Å². The first-order valence-electron chi connectivity index (χ1n) is 13.6. The van der Waals surface area contributed by atoms with Gasteiger partial charge in [-0.2, -0.15) is 0 Å². The minimum absolute atomic E-state index is 0.0458. The van der Waals surface area contributed by atoms with E-state index in [9.17, 15) is 13.5 Å². The van der Waals surface area contributed by atoms with Crippen LogP contribution < -0.4 is 10.0 Å². The fourth-order valence-electron chi connectivity index (χ4n) is 4.75. The molecule has 11 heteroatoms. The average Bonchev–Trinajstić information content (AvgIpc) is 3.48. The third-order valence-electron chi connectivity index (χ3n) is 6.85. The Kier molecular flexibility index (Phi) is 8.06. The molecule has 0 saturated heterocycles. The van der Waals surface area contributed by atoms with E-state index in [4.69, 9.17) is 16.6 Å². The molecule has 0 aliphatic heterocycles. The molecule has 0 spiro atoms. The van der Waals surface area contributed by atoms with Crippen molar-refractivity contribution in [2.75, 3.05) is 18.4 Å². The van der Waals surface area contributed by atoms with Crippen LogP contribution in [0, 0.1) is 0 Å². The highest BCUT2D eigenvalue weighted by molar-refractivity contribution is 7.89. The minimum Gasteiger partial charge on any atom is -0.506 e. The van der Waals surface area contributed by atoms with Crippen molar-refractivity contribution in [3.8, 4) is 39.8 Å². The van der Waals surface area contributed by atoms with Crippen LogP contribution in [0.1, 0.15) is 6.42 Å². The lowest BCUT2D eigenvalue weighted by Gasteiger charge is -2.10. The molecular weight excluding hydrogens is 584 g/mol. The second-order valence-electron chi connectivity index (χ2n) is 9.76. The summed E-state index contributed by atoms with van der Waals surface area (Å²) in [6, 6.07) is 29.1. The number of benzene rings is 4. The van der Waals surface area contributed by atoms with Gasteiger partial charge in [0.2, 0.25) is 16.0 Å². The summed E-state index contributed by atoms with van der Waals surface area (Å²) in [5.74, 6) is 0.984. The number of fused-ring (bicyclic) bond motifs is 1. The normalized spacial score (nSPS) is 11.6. The molecule has 0 atom stereocenters. The largest absolute Gasteiger partial charge is 0.506 e. The Bertz CT molecular complexity index is 2010. The second-order valence-corrected chi connectivity index (χ2v) is 11.9. The lowest BCUT2D eigenvalue weighted by atomic mass is 10.1. The van der Waals surface area contributed by atoms with Crippen LogP contribution in [0.3, 0.4) is 0 Å². The number of anilines is 1. The number of hydrogen-bond acceptors (Lipinski definition) is 7. The zero-order valence-electron chi connectivity index (χ0n) is 22.8. The van der Waals surface area contributed by atoms with Gasteiger partial charge in [-0.1, -0.05) is 84.4 Å². The van der Waals surface area contributed by atoms with E-state index in [0.29, 0.717) is 52.8 Å². The standard InChI is InChI=1S/C32H27ClN6O3S/c33-25-15-14-23(20-27(25)40)29-30(39-31(38-29)22-9-2-1-3-10-22)26-16-19-35-32(37-26)34-17-7-18-36-43(41,42)28-13-6-11-21-8-4-5-12-24(21)28/h1-6,8-16,19-20,36,40H,7,17-18H2,(H,38,39)(H,34,35,37). The zero-order valence-corrected chi connectivity index (χ0v) is 24.4. The van der Waals surface area contributed by atoms with Crippen LogP contribution in [0.4, 0.5) is 5.95 Å². The molecule has 2 heterocycles. The minimum atomic E-state index is -3.68.